The third kappa shape index (κ3) is 4.89. The van der Waals surface area contributed by atoms with Crippen LogP contribution in [0.15, 0.2) is 77.8 Å². The van der Waals surface area contributed by atoms with Crippen LogP contribution >= 0.6 is 11.6 Å². The Labute approximate surface area is 184 Å². The summed E-state index contributed by atoms with van der Waals surface area (Å²) >= 11 is 6.17. The van der Waals surface area contributed by atoms with Gasteiger partial charge in [0.15, 0.2) is 0 Å². The van der Waals surface area contributed by atoms with Gasteiger partial charge in [0.05, 0.1) is 11.4 Å². The minimum atomic E-state index is -0.819. The third-order valence-electron chi connectivity index (χ3n) is 5.15. The number of ketones is 1. The number of aliphatic imine (C=N–C) groups is 1. The zero-order valence-electron chi connectivity index (χ0n) is 16.6. The molecule has 1 unspecified atom stereocenters. The van der Waals surface area contributed by atoms with E-state index in [-0.39, 0.29) is 30.1 Å². The van der Waals surface area contributed by atoms with E-state index in [1.807, 2.05) is 30.3 Å². The van der Waals surface area contributed by atoms with Crippen molar-refractivity contribution in [2.75, 3.05) is 5.32 Å². The molecule has 4 rings (SSSR count). The van der Waals surface area contributed by atoms with Crippen molar-refractivity contribution in [3.63, 3.8) is 0 Å². The lowest BCUT2D eigenvalue weighted by Crippen LogP contribution is -2.26. The molecule has 1 N–H and O–H groups in total. The summed E-state index contributed by atoms with van der Waals surface area (Å²) in [5.41, 5.74) is 2.60. The average molecular weight is 435 g/mol. The van der Waals surface area contributed by atoms with Gasteiger partial charge in [-0.2, -0.15) is 0 Å². The summed E-state index contributed by atoms with van der Waals surface area (Å²) in [6.45, 7) is 0. The fourth-order valence-electron chi connectivity index (χ4n) is 3.59. The Morgan fingerprint density at radius 1 is 1.00 bits per heavy atom. The molecule has 0 aliphatic carbocycles. The number of hydrogen-bond acceptors (Lipinski definition) is 3. The van der Waals surface area contributed by atoms with Crippen molar-refractivity contribution >= 4 is 34.7 Å². The van der Waals surface area contributed by atoms with Gasteiger partial charge in [0.1, 0.15) is 17.6 Å². The van der Waals surface area contributed by atoms with E-state index < -0.39 is 11.9 Å². The van der Waals surface area contributed by atoms with Gasteiger partial charge in [0.25, 0.3) is 0 Å². The number of hydrogen-bond donors (Lipinski definition) is 1. The summed E-state index contributed by atoms with van der Waals surface area (Å²) < 4.78 is 14.6. The van der Waals surface area contributed by atoms with Crippen LogP contribution in [-0.4, -0.2) is 23.4 Å². The molecule has 1 aliphatic rings. The van der Waals surface area contributed by atoms with Crippen molar-refractivity contribution in [3.05, 3.63) is 100 Å². The number of carbonyl (C=O) groups excluding carboxylic acids is 2. The molecule has 0 saturated carbocycles. The lowest BCUT2D eigenvalue weighted by Gasteiger charge is -2.11. The van der Waals surface area contributed by atoms with Gasteiger partial charge in [0, 0.05) is 29.0 Å². The maximum absolute atomic E-state index is 14.6. The number of benzene rings is 3. The molecule has 1 amide bonds. The molecule has 31 heavy (non-hydrogen) atoms. The minimum absolute atomic E-state index is 0.0199. The summed E-state index contributed by atoms with van der Waals surface area (Å²) in [6.07, 6.45) is 0.726. The number of benzodiazepines with no additional fused rings is 1. The van der Waals surface area contributed by atoms with Crippen LogP contribution in [0, 0.1) is 5.82 Å². The number of anilines is 1. The van der Waals surface area contributed by atoms with Crippen LogP contribution in [0.3, 0.4) is 0 Å². The largest absolute Gasteiger partial charge is 0.324 e. The van der Waals surface area contributed by atoms with Crippen molar-refractivity contribution in [1.82, 2.24) is 0 Å². The van der Waals surface area contributed by atoms with E-state index in [2.05, 4.69) is 10.3 Å². The van der Waals surface area contributed by atoms with Gasteiger partial charge in [-0.1, -0.05) is 54.1 Å². The molecule has 1 aliphatic heterocycles. The number of carbonyl (C=O) groups is 2. The molecule has 0 fully saturated rings. The Hall–Kier alpha value is -3.31. The lowest BCUT2D eigenvalue weighted by molar-refractivity contribution is -0.119. The second-order valence-electron chi connectivity index (χ2n) is 7.39. The summed E-state index contributed by atoms with van der Waals surface area (Å²) in [4.78, 5) is 29.9. The molecule has 3 aromatic rings. The second kappa shape index (κ2) is 9.23. The van der Waals surface area contributed by atoms with Gasteiger partial charge in [-0.3, -0.25) is 14.6 Å². The monoisotopic (exact) mass is 434 g/mol. The highest BCUT2D eigenvalue weighted by atomic mass is 35.5. The molecular weight excluding hydrogens is 415 g/mol. The fourth-order valence-corrected chi connectivity index (χ4v) is 3.77. The SMILES string of the molecule is O=C(CCC1N=C(c2ccccc2F)c2cc(Cl)ccc2NC1=O)Cc1ccccc1. The van der Waals surface area contributed by atoms with E-state index >= 15 is 0 Å². The van der Waals surface area contributed by atoms with Crippen LogP contribution < -0.4 is 5.32 Å². The van der Waals surface area contributed by atoms with Crippen LogP contribution in [0.25, 0.3) is 0 Å². The highest BCUT2D eigenvalue weighted by Crippen LogP contribution is 2.29. The summed E-state index contributed by atoms with van der Waals surface area (Å²) in [5.74, 6) is -0.755. The van der Waals surface area contributed by atoms with Crippen LogP contribution in [-0.2, 0) is 16.0 Å². The number of Topliss-reactive ketones (excluding diaryl/α,β-unsaturated/α-hetero) is 1. The van der Waals surface area contributed by atoms with Crippen LogP contribution in [0.5, 0.6) is 0 Å². The molecule has 1 atom stereocenters. The first-order valence-electron chi connectivity index (χ1n) is 10.0. The molecule has 4 nitrogen and oxygen atoms in total. The quantitative estimate of drug-likeness (QED) is 0.577. The number of amides is 1. The standard InChI is InChI=1S/C25H20ClFN2O2/c26-17-10-12-22-20(15-17)24(19-8-4-5-9-21(19)27)28-23(25(31)29-22)13-11-18(30)14-16-6-2-1-3-7-16/h1-10,12,15,23H,11,13-14H2,(H,29,31). The molecule has 0 bridgehead atoms. The normalized spacial score (nSPS) is 15.5. The number of nitrogens with zero attached hydrogens (tertiary/aromatic N) is 1. The average Bonchev–Trinajstić information content (AvgIpc) is 2.89. The lowest BCUT2D eigenvalue weighted by atomic mass is 9.99. The number of fused-ring (bicyclic) bond motifs is 1. The Morgan fingerprint density at radius 3 is 2.52 bits per heavy atom. The molecule has 156 valence electrons. The van der Waals surface area contributed by atoms with E-state index in [1.165, 1.54) is 6.07 Å². The maximum atomic E-state index is 14.6. The summed E-state index contributed by atoms with van der Waals surface area (Å²) in [5, 5.41) is 3.30. The van der Waals surface area contributed by atoms with Crippen molar-refractivity contribution < 1.29 is 14.0 Å². The van der Waals surface area contributed by atoms with Crippen molar-refractivity contribution in [3.8, 4) is 0 Å². The Balaban J connectivity index is 1.63. The molecule has 3 aromatic carbocycles. The predicted octanol–water partition coefficient (Wildman–Crippen LogP) is 5.23. The van der Waals surface area contributed by atoms with Gasteiger partial charge >= 0.3 is 0 Å². The highest BCUT2D eigenvalue weighted by Gasteiger charge is 2.27. The van der Waals surface area contributed by atoms with Crippen molar-refractivity contribution in [2.45, 2.75) is 25.3 Å². The first kappa shape index (κ1) is 20.9. The number of halogens is 2. The van der Waals surface area contributed by atoms with E-state index in [0.717, 1.165) is 5.56 Å². The zero-order valence-corrected chi connectivity index (χ0v) is 17.4. The summed E-state index contributed by atoms with van der Waals surface area (Å²) in [6, 6.07) is 19.9. The predicted molar refractivity (Wildman–Crippen MR) is 120 cm³/mol. The van der Waals surface area contributed by atoms with E-state index in [0.29, 0.717) is 28.4 Å². The Kier molecular flexibility index (Phi) is 6.23. The van der Waals surface area contributed by atoms with Gasteiger partial charge < -0.3 is 5.32 Å². The Morgan fingerprint density at radius 2 is 1.74 bits per heavy atom. The van der Waals surface area contributed by atoms with Gasteiger partial charge in [0.2, 0.25) is 5.91 Å². The van der Waals surface area contributed by atoms with Crippen LogP contribution in [0.4, 0.5) is 10.1 Å². The topological polar surface area (TPSA) is 58.5 Å². The van der Waals surface area contributed by atoms with Gasteiger partial charge in [-0.25, -0.2) is 4.39 Å². The first-order chi connectivity index (χ1) is 15.0. The van der Waals surface area contributed by atoms with E-state index in [9.17, 15) is 14.0 Å². The minimum Gasteiger partial charge on any atom is -0.324 e. The molecule has 0 spiro atoms. The van der Waals surface area contributed by atoms with Crippen LogP contribution in [0.1, 0.15) is 29.5 Å². The first-order valence-corrected chi connectivity index (χ1v) is 10.4. The molecular formula is C25H20ClFN2O2. The zero-order chi connectivity index (χ0) is 21.8. The fraction of sp³-hybridized carbons (Fsp3) is 0.160. The van der Waals surface area contributed by atoms with Crippen molar-refractivity contribution in [2.24, 2.45) is 4.99 Å². The maximum Gasteiger partial charge on any atom is 0.249 e. The van der Waals surface area contributed by atoms with E-state index in [1.54, 1.807) is 36.4 Å². The molecule has 0 aromatic heterocycles. The number of rotatable bonds is 6. The molecule has 1 heterocycles. The molecule has 6 heteroatoms. The van der Waals surface area contributed by atoms with Gasteiger partial charge in [-0.05, 0) is 42.3 Å². The number of nitrogens with one attached hydrogen (secondary N) is 1. The summed E-state index contributed by atoms with van der Waals surface area (Å²) in [7, 11) is 0. The van der Waals surface area contributed by atoms with Crippen LogP contribution in [0.2, 0.25) is 5.02 Å². The second-order valence-corrected chi connectivity index (χ2v) is 7.83. The molecule has 0 saturated heterocycles. The van der Waals surface area contributed by atoms with Crippen molar-refractivity contribution in [1.29, 1.82) is 0 Å². The smallest absolute Gasteiger partial charge is 0.249 e. The van der Waals surface area contributed by atoms with Gasteiger partial charge in [-0.15, -0.1) is 0 Å². The third-order valence-corrected chi connectivity index (χ3v) is 5.39. The van der Waals surface area contributed by atoms with E-state index in [4.69, 9.17) is 11.6 Å². The highest BCUT2D eigenvalue weighted by molar-refractivity contribution is 6.32. The Bertz CT molecular complexity index is 1160. The molecule has 0 radical (unpaired) electrons.